The van der Waals surface area contributed by atoms with Crippen molar-refractivity contribution >= 4 is 5.97 Å². The highest BCUT2D eigenvalue weighted by molar-refractivity contribution is 5.66. The fourth-order valence-electron chi connectivity index (χ4n) is 1.31. The number of esters is 1. The molecule has 4 heteroatoms. The van der Waals surface area contributed by atoms with Crippen LogP contribution >= 0.6 is 0 Å². The van der Waals surface area contributed by atoms with E-state index in [1.807, 2.05) is 0 Å². The molecule has 0 unspecified atom stereocenters. The second-order valence-corrected chi connectivity index (χ2v) is 3.09. The van der Waals surface area contributed by atoms with Crippen LogP contribution in [0.1, 0.15) is 19.8 Å². The summed E-state index contributed by atoms with van der Waals surface area (Å²) in [5, 5.41) is 8.85. The van der Waals surface area contributed by atoms with Gasteiger partial charge in [-0.1, -0.05) is 0 Å². The van der Waals surface area contributed by atoms with Gasteiger partial charge in [0.2, 0.25) is 0 Å². The lowest BCUT2D eigenvalue weighted by atomic mass is 10.0. The molecule has 0 amide bonds. The van der Waals surface area contributed by atoms with Gasteiger partial charge >= 0.3 is 5.97 Å². The van der Waals surface area contributed by atoms with Crippen molar-refractivity contribution in [3.8, 4) is 6.07 Å². The molecular formula is C10H13NO3. The summed E-state index contributed by atoms with van der Waals surface area (Å²) in [6, 6.07) is 2.07. The molecular weight excluding hydrogens is 182 g/mol. The second kappa shape index (κ2) is 5.40. The zero-order valence-electron chi connectivity index (χ0n) is 8.21. The van der Waals surface area contributed by atoms with E-state index in [1.54, 1.807) is 0 Å². The standard InChI is InChI=1S/C10H13NO3/c1-8(12)14-7-10(6-11)9-2-4-13-5-3-9/h2-5,7H2,1H3. The molecule has 0 atom stereocenters. The number of hydrogen-bond acceptors (Lipinski definition) is 4. The molecule has 0 bridgehead atoms. The van der Waals surface area contributed by atoms with Crippen LogP contribution in [0.15, 0.2) is 11.1 Å². The van der Waals surface area contributed by atoms with Crippen molar-refractivity contribution in [1.82, 2.24) is 0 Å². The Morgan fingerprint density at radius 2 is 2.21 bits per heavy atom. The number of hydrogen-bond donors (Lipinski definition) is 0. The molecule has 0 aromatic heterocycles. The molecule has 1 aliphatic rings. The number of rotatable bonds is 2. The Labute approximate surface area is 83.1 Å². The van der Waals surface area contributed by atoms with Crippen molar-refractivity contribution < 1.29 is 14.3 Å². The van der Waals surface area contributed by atoms with E-state index in [0.29, 0.717) is 18.8 Å². The Kier molecular flexibility index (Phi) is 4.14. The summed E-state index contributed by atoms with van der Waals surface area (Å²) in [6.07, 6.45) is 1.54. The molecule has 1 fully saturated rings. The first-order valence-corrected chi connectivity index (χ1v) is 4.56. The molecule has 0 aliphatic carbocycles. The predicted molar refractivity (Wildman–Crippen MR) is 49.3 cm³/mol. The van der Waals surface area contributed by atoms with Crippen LogP contribution in [0.25, 0.3) is 0 Å². The van der Waals surface area contributed by atoms with Crippen molar-refractivity contribution in [3.05, 3.63) is 11.1 Å². The lowest BCUT2D eigenvalue weighted by molar-refractivity contribution is -0.139. The van der Waals surface area contributed by atoms with E-state index >= 15 is 0 Å². The van der Waals surface area contributed by atoms with E-state index in [-0.39, 0.29) is 12.6 Å². The number of nitrogens with zero attached hydrogens (tertiary/aromatic N) is 1. The molecule has 4 nitrogen and oxygen atoms in total. The molecule has 1 heterocycles. The minimum Gasteiger partial charge on any atom is -0.460 e. The van der Waals surface area contributed by atoms with Gasteiger partial charge < -0.3 is 9.47 Å². The molecule has 1 rings (SSSR count). The largest absolute Gasteiger partial charge is 0.460 e. The maximum Gasteiger partial charge on any atom is 0.302 e. The van der Waals surface area contributed by atoms with Crippen LogP contribution in [0, 0.1) is 11.3 Å². The van der Waals surface area contributed by atoms with Gasteiger partial charge in [-0.15, -0.1) is 0 Å². The smallest absolute Gasteiger partial charge is 0.302 e. The number of ether oxygens (including phenoxy) is 2. The lowest BCUT2D eigenvalue weighted by Gasteiger charge is -2.16. The SMILES string of the molecule is CC(=O)OCC(C#N)=C1CCOCC1. The molecule has 0 aromatic carbocycles. The average Bonchev–Trinajstić information content (AvgIpc) is 2.20. The van der Waals surface area contributed by atoms with E-state index in [4.69, 9.17) is 14.7 Å². The Morgan fingerprint density at radius 1 is 1.57 bits per heavy atom. The first-order chi connectivity index (χ1) is 6.74. The first-order valence-electron chi connectivity index (χ1n) is 4.56. The Bertz CT molecular complexity index is 280. The zero-order valence-corrected chi connectivity index (χ0v) is 8.21. The van der Waals surface area contributed by atoms with Gasteiger partial charge in [0.25, 0.3) is 0 Å². The highest BCUT2D eigenvalue weighted by atomic mass is 16.5. The molecule has 0 saturated carbocycles. The molecule has 1 aliphatic heterocycles. The van der Waals surface area contributed by atoms with Crippen LogP contribution in [-0.2, 0) is 14.3 Å². The summed E-state index contributed by atoms with van der Waals surface area (Å²) in [7, 11) is 0. The van der Waals surface area contributed by atoms with Crippen LogP contribution in [0.3, 0.4) is 0 Å². The molecule has 14 heavy (non-hydrogen) atoms. The van der Waals surface area contributed by atoms with E-state index in [0.717, 1.165) is 18.4 Å². The van der Waals surface area contributed by atoms with Gasteiger partial charge in [0, 0.05) is 6.92 Å². The summed E-state index contributed by atoms with van der Waals surface area (Å²) in [5.41, 5.74) is 1.63. The summed E-state index contributed by atoms with van der Waals surface area (Å²) < 4.78 is 9.96. The molecule has 1 saturated heterocycles. The average molecular weight is 195 g/mol. The highest BCUT2D eigenvalue weighted by Gasteiger charge is 2.12. The van der Waals surface area contributed by atoms with E-state index in [2.05, 4.69) is 6.07 Å². The van der Waals surface area contributed by atoms with E-state index in [9.17, 15) is 4.79 Å². The van der Waals surface area contributed by atoms with Crippen molar-refractivity contribution in [2.24, 2.45) is 0 Å². The fraction of sp³-hybridized carbons (Fsp3) is 0.600. The number of carbonyl (C=O) groups is 1. The Balaban J connectivity index is 2.59. The first kappa shape index (κ1) is 10.7. The van der Waals surface area contributed by atoms with Gasteiger partial charge in [0.1, 0.15) is 6.61 Å². The number of nitriles is 1. The topological polar surface area (TPSA) is 59.3 Å². The molecule has 76 valence electrons. The zero-order chi connectivity index (χ0) is 10.4. The molecule has 0 radical (unpaired) electrons. The molecule has 0 aromatic rings. The summed E-state index contributed by atoms with van der Waals surface area (Å²) >= 11 is 0. The third-order valence-corrected chi connectivity index (χ3v) is 2.08. The maximum absolute atomic E-state index is 10.6. The predicted octanol–water partition coefficient (Wildman–Crippen LogP) is 1.18. The maximum atomic E-state index is 10.6. The molecule has 0 N–H and O–H groups in total. The monoisotopic (exact) mass is 195 g/mol. The quantitative estimate of drug-likeness (QED) is 0.490. The normalized spacial score (nSPS) is 15.9. The molecule has 0 spiro atoms. The van der Waals surface area contributed by atoms with Crippen LogP contribution in [0.5, 0.6) is 0 Å². The van der Waals surface area contributed by atoms with E-state index in [1.165, 1.54) is 6.92 Å². The van der Waals surface area contributed by atoms with Crippen molar-refractivity contribution in [2.75, 3.05) is 19.8 Å². The minimum atomic E-state index is -0.356. The highest BCUT2D eigenvalue weighted by Crippen LogP contribution is 2.17. The third kappa shape index (κ3) is 3.19. The second-order valence-electron chi connectivity index (χ2n) is 3.09. The van der Waals surface area contributed by atoms with Crippen LogP contribution < -0.4 is 0 Å². The summed E-state index contributed by atoms with van der Waals surface area (Å²) in [6.45, 7) is 2.74. The van der Waals surface area contributed by atoms with Gasteiger partial charge in [-0.3, -0.25) is 4.79 Å². The van der Waals surface area contributed by atoms with Crippen molar-refractivity contribution in [1.29, 1.82) is 5.26 Å². The fourth-order valence-corrected chi connectivity index (χ4v) is 1.31. The third-order valence-electron chi connectivity index (χ3n) is 2.08. The Morgan fingerprint density at radius 3 is 2.71 bits per heavy atom. The van der Waals surface area contributed by atoms with Crippen molar-refractivity contribution in [2.45, 2.75) is 19.8 Å². The van der Waals surface area contributed by atoms with Crippen LogP contribution in [0.4, 0.5) is 0 Å². The summed E-state index contributed by atoms with van der Waals surface area (Å²) in [5.74, 6) is -0.356. The minimum absolute atomic E-state index is 0.0984. The van der Waals surface area contributed by atoms with Gasteiger partial charge in [0.05, 0.1) is 24.9 Å². The lowest BCUT2D eigenvalue weighted by Crippen LogP contribution is -2.12. The summed E-state index contributed by atoms with van der Waals surface area (Å²) in [4.78, 5) is 10.6. The van der Waals surface area contributed by atoms with Gasteiger partial charge in [-0.2, -0.15) is 5.26 Å². The van der Waals surface area contributed by atoms with Crippen molar-refractivity contribution in [3.63, 3.8) is 0 Å². The van der Waals surface area contributed by atoms with Gasteiger partial charge in [-0.25, -0.2) is 0 Å². The van der Waals surface area contributed by atoms with Gasteiger partial charge in [0.15, 0.2) is 0 Å². The van der Waals surface area contributed by atoms with E-state index < -0.39 is 0 Å². The number of carbonyl (C=O) groups excluding carboxylic acids is 1. The Hall–Kier alpha value is -1.34. The van der Waals surface area contributed by atoms with Gasteiger partial charge in [-0.05, 0) is 18.4 Å². The van der Waals surface area contributed by atoms with Crippen LogP contribution in [0.2, 0.25) is 0 Å². The van der Waals surface area contributed by atoms with Crippen LogP contribution in [-0.4, -0.2) is 25.8 Å².